The third-order valence-electron chi connectivity index (χ3n) is 4.01. The Bertz CT molecular complexity index is 846. The molecule has 0 saturated heterocycles. The van der Waals surface area contributed by atoms with Crippen molar-refractivity contribution >= 4 is 22.9 Å². The molecule has 0 unspecified atom stereocenters. The summed E-state index contributed by atoms with van der Waals surface area (Å²) in [6.45, 7) is 6.97. The molecule has 0 fully saturated rings. The molecule has 4 nitrogen and oxygen atoms in total. The maximum absolute atomic E-state index is 12.6. The van der Waals surface area contributed by atoms with Crippen LogP contribution in [0.25, 0.3) is 10.7 Å². The predicted molar refractivity (Wildman–Crippen MR) is 99.7 cm³/mol. The lowest BCUT2D eigenvalue weighted by Gasteiger charge is -2.05. The van der Waals surface area contributed by atoms with Gasteiger partial charge in [-0.25, -0.2) is 4.98 Å². The average Bonchev–Trinajstić information content (AvgIpc) is 3.21. The first-order chi connectivity index (χ1) is 11.6. The first kappa shape index (κ1) is 16.5. The van der Waals surface area contributed by atoms with Gasteiger partial charge in [-0.05, 0) is 50.1 Å². The van der Waals surface area contributed by atoms with Gasteiger partial charge in [-0.15, -0.1) is 11.3 Å². The van der Waals surface area contributed by atoms with Crippen molar-refractivity contribution in [3.63, 3.8) is 0 Å². The molecule has 0 bridgehead atoms. The number of aryl methyl sites for hydroxylation is 3. The minimum absolute atomic E-state index is 0.102. The standard InChI is InChI=1S/C19H21N3OS/c1-4-14-8-10-15(11-9-14)21-18(23)17-13(3)20-19(24-17)16-7-6-12-22(16)5-2/h6-12H,4-5H2,1-3H3,(H,21,23). The monoisotopic (exact) mass is 339 g/mol. The molecule has 2 heterocycles. The Kier molecular flexibility index (Phi) is 4.81. The summed E-state index contributed by atoms with van der Waals surface area (Å²) in [5.74, 6) is -0.102. The summed E-state index contributed by atoms with van der Waals surface area (Å²) in [6.07, 6.45) is 3.02. The maximum atomic E-state index is 12.6. The molecular weight excluding hydrogens is 318 g/mol. The van der Waals surface area contributed by atoms with Gasteiger partial charge in [0.1, 0.15) is 9.88 Å². The van der Waals surface area contributed by atoms with E-state index in [0.717, 1.165) is 35.0 Å². The third kappa shape index (κ3) is 3.26. The molecule has 0 aliphatic carbocycles. The van der Waals surface area contributed by atoms with Crippen LogP contribution in [0.2, 0.25) is 0 Å². The zero-order chi connectivity index (χ0) is 17.1. The molecule has 1 N–H and O–H groups in total. The van der Waals surface area contributed by atoms with Gasteiger partial charge in [0.2, 0.25) is 0 Å². The normalized spacial score (nSPS) is 10.8. The van der Waals surface area contributed by atoms with Crippen LogP contribution in [0, 0.1) is 6.92 Å². The average molecular weight is 339 g/mol. The minimum atomic E-state index is -0.102. The summed E-state index contributed by atoms with van der Waals surface area (Å²) in [5, 5.41) is 3.84. The van der Waals surface area contributed by atoms with E-state index < -0.39 is 0 Å². The van der Waals surface area contributed by atoms with Gasteiger partial charge in [0.05, 0.1) is 11.4 Å². The lowest BCUT2D eigenvalue weighted by atomic mass is 10.1. The van der Waals surface area contributed by atoms with Crippen molar-refractivity contribution in [1.82, 2.24) is 9.55 Å². The Morgan fingerprint density at radius 2 is 1.96 bits per heavy atom. The number of carbonyl (C=O) groups is 1. The number of aromatic nitrogens is 2. The fourth-order valence-corrected chi connectivity index (χ4v) is 3.62. The molecule has 24 heavy (non-hydrogen) atoms. The number of rotatable bonds is 5. The Morgan fingerprint density at radius 1 is 1.21 bits per heavy atom. The predicted octanol–water partition coefficient (Wildman–Crippen LogP) is 4.75. The summed E-state index contributed by atoms with van der Waals surface area (Å²) < 4.78 is 2.13. The summed E-state index contributed by atoms with van der Waals surface area (Å²) in [7, 11) is 0. The molecule has 0 atom stereocenters. The fourth-order valence-electron chi connectivity index (χ4n) is 2.61. The van der Waals surface area contributed by atoms with E-state index in [1.165, 1.54) is 16.9 Å². The Balaban J connectivity index is 1.82. The molecule has 3 rings (SSSR count). The van der Waals surface area contributed by atoms with E-state index >= 15 is 0 Å². The highest BCUT2D eigenvalue weighted by atomic mass is 32.1. The van der Waals surface area contributed by atoms with E-state index in [1.807, 2.05) is 49.5 Å². The molecule has 0 saturated carbocycles. The zero-order valence-corrected chi connectivity index (χ0v) is 15.0. The number of anilines is 1. The van der Waals surface area contributed by atoms with E-state index in [-0.39, 0.29) is 5.91 Å². The van der Waals surface area contributed by atoms with Crippen LogP contribution >= 0.6 is 11.3 Å². The van der Waals surface area contributed by atoms with Crippen molar-refractivity contribution < 1.29 is 4.79 Å². The van der Waals surface area contributed by atoms with Crippen molar-refractivity contribution in [2.75, 3.05) is 5.32 Å². The second-order valence-electron chi connectivity index (χ2n) is 5.62. The van der Waals surface area contributed by atoms with Gasteiger partial charge in [0.15, 0.2) is 0 Å². The van der Waals surface area contributed by atoms with E-state index in [4.69, 9.17) is 0 Å². The lowest BCUT2D eigenvalue weighted by molar-refractivity contribution is 0.103. The largest absolute Gasteiger partial charge is 0.346 e. The number of nitrogens with one attached hydrogen (secondary N) is 1. The fraction of sp³-hybridized carbons (Fsp3) is 0.263. The van der Waals surface area contributed by atoms with Crippen LogP contribution in [-0.4, -0.2) is 15.5 Å². The first-order valence-electron chi connectivity index (χ1n) is 8.15. The van der Waals surface area contributed by atoms with Crippen molar-refractivity contribution in [3.8, 4) is 10.7 Å². The lowest BCUT2D eigenvalue weighted by Crippen LogP contribution is -2.11. The number of nitrogens with zero attached hydrogens (tertiary/aromatic N) is 2. The van der Waals surface area contributed by atoms with Crippen molar-refractivity contribution in [2.45, 2.75) is 33.7 Å². The molecule has 0 aliphatic heterocycles. The Labute approximate surface area is 146 Å². The second-order valence-corrected chi connectivity index (χ2v) is 6.62. The van der Waals surface area contributed by atoms with Gasteiger partial charge in [0.25, 0.3) is 5.91 Å². The first-order valence-corrected chi connectivity index (χ1v) is 8.97. The quantitative estimate of drug-likeness (QED) is 0.729. The van der Waals surface area contributed by atoms with Gasteiger partial charge in [-0.2, -0.15) is 0 Å². The van der Waals surface area contributed by atoms with E-state index in [1.54, 1.807) is 0 Å². The van der Waals surface area contributed by atoms with Crippen molar-refractivity contribution in [2.24, 2.45) is 0 Å². The molecule has 2 aromatic heterocycles. The Hall–Kier alpha value is -2.40. The molecule has 3 aromatic rings. The van der Waals surface area contributed by atoms with E-state index in [2.05, 4.69) is 28.7 Å². The summed E-state index contributed by atoms with van der Waals surface area (Å²) in [6, 6.07) is 12.0. The maximum Gasteiger partial charge on any atom is 0.267 e. The van der Waals surface area contributed by atoms with Crippen molar-refractivity contribution in [3.05, 3.63) is 58.7 Å². The summed E-state index contributed by atoms with van der Waals surface area (Å²) >= 11 is 1.44. The highest BCUT2D eigenvalue weighted by Crippen LogP contribution is 2.29. The zero-order valence-electron chi connectivity index (χ0n) is 14.2. The van der Waals surface area contributed by atoms with Crippen LogP contribution in [0.5, 0.6) is 0 Å². The Morgan fingerprint density at radius 3 is 2.62 bits per heavy atom. The number of hydrogen-bond donors (Lipinski definition) is 1. The summed E-state index contributed by atoms with van der Waals surface area (Å²) in [4.78, 5) is 17.8. The number of benzene rings is 1. The molecule has 5 heteroatoms. The molecule has 1 aromatic carbocycles. The molecular formula is C19H21N3OS. The van der Waals surface area contributed by atoms with Crippen molar-refractivity contribution in [1.29, 1.82) is 0 Å². The van der Waals surface area contributed by atoms with Crippen LogP contribution in [0.3, 0.4) is 0 Å². The van der Waals surface area contributed by atoms with E-state index in [0.29, 0.717) is 4.88 Å². The second kappa shape index (κ2) is 7.01. The van der Waals surface area contributed by atoms with Gasteiger partial charge in [0, 0.05) is 18.4 Å². The minimum Gasteiger partial charge on any atom is -0.346 e. The number of amides is 1. The van der Waals surface area contributed by atoms with E-state index in [9.17, 15) is 4.79 Å². The number of hydrogen-bond acceptors (Lipinski definition) is 3. The van der Waals surface area contributed by atoms with Crippen LogP contribution in [0.1, 0.15) is 34.8 Å². The molecule has 0 aliphatic rings. The third-order valence-corrected chi connectivity index (χ3v) is 5.19. The van der Waals surface area contributed by atoms with Crippen LogP contribution in [0.15, 0.2) is 42.6 Å². The topological polar surface area (TPSA) is 46.9 Å². The summed E-state index contributed by atoms with van der Waals surface area (Å²) in [5.41, 5.74) is 3.88. The number of thiazole rings is 1. The SMILES string of the molecule is CCc1ccc(NC(=O)c2sc(-c3cccn3CC)nc2C)cc1. The smallest absolute Gasteiger partial charge is 0.267 e. The van der Waals surface area contributed by atoms with Gasteiger partial charge >= 0.3 is 0 Å². The van der Waals surface area contributed by atoms with Crippen LogP contribution < -0.4 is 5.32 Å². The van der Waals surface area contributed by atoms with Gasteiger partial charge in [-0.1, -0.05) is 19.1 Å². The molecule has 0 spiro atoms. The van der Waals surface area contributed by atoms with Crippen LogP contribution in [0.4, 0.5) is 5.69 Å². The molecule has 1 amide bonds. The number of carbonyl (C=O) groups excluding carboxylic acids is 1. The highest BCUT2D eigenvalue weighted by Gasteiger charge is 2.17. The highest BCUT2D eigenvalue weighted by molar-refractivity contribution is 7.17. The van der Waals surface area contributed by atoms with Gasteiger partial charge < -0.3 is 9.88 Å². The molecule has 0 radical (unpaired) electrons. The van der Waals surface area contributed by atoms with Crippen LogP contribution in [-0.2, 0) is 13.0 Å². The molecule has 124 valence electrons. The van der Waals surface area contributed by atoms with Gasteiger partial charge in [-0.3, -0.25) is 4.79 Å².